The van der Waals surface area contributed by atoms with E-state index in [2.05, 4.69) is 16.7 Å². The van der Waals surface area contributed by atoms with Crippen molar-refractivity contribution in [1.82, 2.24) is 5.43 Å². The molecule has 0 saturated heterocycles. The lowest BCUT2D eigenvalue weighted by atomic mass is 9.96. The van der Waals surface area contributed by atoms with Crippen molar-refractivity contribution in [1.29, 1.82) is 0 Å². The van der Waals surface area contributed by atoms with Crippen LogP contribution in [0.1, 0.15) is 38.5 Å². The Morgan fingerprint density at radius 2 is 2.00 bits per heavy atom. The molecular weight excluding hydrogens is 160 g/mol. The number of rotatable bonds is 3. The highest BCUT2D eigenvalue weighted by molar-refractivity contribution is 5.63. The molecule has 0 aromatic rings. The van der Waals surface area contributed by atoms with Crippen LogP contribution in [-0.4, -0.2) is 12.3 Å². The predicted octanol–water partition coefficient (Wildman–Crippen LogP) is 2.16. The summed E-state index contributed by atoms with van der Waals surface area (Å²) in [5.41, 5.74) is 3.35. The summed E-state index contributed by atoms with van der Waals surface area (Å²) < 4.78 is 0. The van der Waals surface area contributed by atoms with Crippen LogP contribution in [0.3, 0.4) is 0 Å². The summed E-state index contributed by atoms with van der Waals surface area (Å²) in [6.07, 6.45) is 10.6. The second kappa shape index (κ2) is 3.00. The monoisotopic (exact) mass is 178 g/mol. The number of hydrogen-bond donors (Lipinski definition) is 1. The number of hydrogen-bond acceptors (Lipinski definition) is 2. The predicted molar refractivity (Wildman–Crippen MR) is 53.6 cm³/mol. The Kier molecular flexibility index (Phi) is 1.81. The lowest BCUT2D eigenvalue weighted by Gasteiger charge is -2.20. The van der Waals surface area contributed by atoms with Gasteiger partial charge in [-0.1, -0.05) is 6.42 Å². The van der Waals surface area contributed by atoms with E-state index in [1.807, 2.05) is 0 Å². The third-order valence-electron chi connectivity index (χ3n) is 3.89. The standard InChI is InChI=1S/C11H18N2/c1-2-8(1)7-12-13-11-6-9-3-4-10(11)5-9/h7-11,13H,1-6H2/b12-7+. The molecule has 0 spiro atoms. The lowest BCUT2D eigenvalue weighted by Crippen LogP contribution is -2.30. The van der Waals surface area contributed by atoms with Crippen LogP contribution in [0, 0.1) is 17.8 Å². The fourth-order valence-corrected chi connectivity index (χ4v) is 2.89. The summed E-state index contributed by atoms with van der Waals surface area (Å²) in [6, 6.07) is 0.716. The van der Waals surface area contributed by atoms with Gasteiger partial charge < -0.3 is 5.43 Å². The topological polar surface area (TPSA) is 24.4 Å². The van der Waals surface area contributed by atoms with Crippen LogP contribution in [-0.2, 0) is 0 Å². The first kappa shape index (κ1) is 7.84. The van der Waals surface area contributed by atoms with E-state index < -0.39 is 0 Å². The highest BCUT2D eigenvalue weighted by Gasteiger charge is 2.39. The van der Waals surface area contributed by atoms with Crippen molar-refractivity contribution in [3.63, 3.8) is 0 Å². The molecule has 3 rings (SSSR count). The van der Waals surface area contributed by atoms with E-state index in [9.17, 15) is 0 Å². The maximum atomic E-state index is 4.36. The first-order valence-electron chi connectivity index (χ1n) is 5.70. The molecule has 3 aliphatic carbocycles. The second-order valence-corrected chi connectivity index (χ2v) is 5.03. The molecular formula is C11H18N2. The Labute approximate surface area is 79.8 Å². The minimum absolute atomic E-state index is 0.716. The first-order chi connectivity index (χ1) is 6.42. The fourth-order valence-electron chi connectivity index (χ4n) is 2.89. The highest BCUT2D eigenvalue weighted by atomic mass is 15.3. The van der Waals surface area contributed by atoms with Gasteiger partial charge in [0.1, 0.15) is 0 Å². The normalized spacial score (nSPS) is 43.2. The zero-order chi connectivity index (χ0) is 8.67. The van der Waals surface area contributed by atoms with E-state index in [0.29, 0.717) is 6.04 Å². The summed E-state index contributed by atoms with van der Waals surface area (Å²) in [4.78, 5) is 0. The first-order valence-corrected chi connectivity index (χ1v) is 5.70. The van der Waals surface area contributed by atoms with Crippen LogP contribution in [0.25, 0.3) is 0 Å². The smallest absolute Gasteiger partial charge is 0.0470 e. The summed E-state index contributed by atoms with van der Waals surface area (Å²) in [6.45, 7) is 0. The molecule has 72 valence electrons. The molecule has 2 heteroatoms. The minimum Gasteiger partial charge on any atom is -0.307 e. The maximum absolute atomic E-state index is 4.36. The quantitative estimate of drug-likeness (QED) is 0.520. The summed E-state index contributed by atoms with van der Waals surface area (Å²) in [5, 5.41) is 4.36. The molecule has 2 bridgehead atoms. The van der Waals surface area contributed by atoms with Gasteiger partial charge in [0.25, 0.3) is 0 Å². The van der Waals surface area contributed by atoms with Gasteiger partial charge in [-0.15, -0.1) is 0 Å². The Bertz CT molecular complexity index is 220. The van der Waals surface area contributed by atoms with Crippen LogP contribution in [0.4, 0.5) is 0 Å². The molecule has 3 unspecified atom stereocenters. The van der Waals surface area contributed by atoms with E-state index >= 15 is 0 Å². The Balaban J connectivity index is 1.50. The van der Waals surface area contributed by atoms with Crippen molar-refractivity contribution < 1.29 is 0 Å². The minimum atomic E-state index is 0.716. The molecule has 3 saturated carbocycles. The van der Waals surface area contributed by atoms with Crippen LogP contribution < -0.4 is 5.43 Å². The molecule has 3 aliphatic rings. The Morgan fingerprint density at radius 3 is 2.62 bits per heavy atom. The van der Waals surface area contributed by atoms with Crippen molar-refractivity contribution in [3.8, 4) is 0 Å². The van der Waals surface area contributed by atoms with Gasteiger partial charge in [0, 0.05) is 12.3 Å². The largest absolute Gasteiger partial charge is 0.307 e. The average Bonchev–Trinajstić information content (AvgIpc) is 2.74. The zero-order valence-electron chi connectivity index (χ0n) is 8.08. The average molecular weight is 178 g/mol. The molecule has 0 aliphatic heterocycles. The maximum Gasteiger partial charge on any atom is 0.0470 e. The van der Waals surface area contributed by atoms with E-state index in [1.165, 1.54) is 38.5 Å². The molecule has 0 radical (unpaired) electrons. The van der Waals surface area contributed by atoms with Gasteiger partial charge in [-0.3, -0.25) is 0 Å². The molecule has 0 aromatic carbocycles. The number of fused-ring (bicyclic) bond motifs is 2. The van der Waals surface area contributed by atoms with Crippen molar-refractivity contribution in [2.45, 2.75) is 44.6 Å². The van der Waals surface area contributed by atoms with E-state index in [1.54, 1.807) is 0 Å². The molecule has 0 aromatic heterocycles. The summed E-state index contributed by atoms with van der Waals surface area (Å²) in [5.74, 6) is 2.78. The highest BCUT2D eigenvalue weighted by Crippen LogP contribution is 2.44. The van der Waals surface area contributed by atoms with Gasteiger partial charge in [0.15, 0.2) is 0 Å². The molecule has 1 N–H and O–H groups in total. The van der Waals surface area contributed by atoms with Crippen molar-refractivity contribution >= 4 is 6.21 Å². The third-order valence-corrected chi connectivity index (χ3v) is 3.89. The summed E-state index contributed by atoms with van der Waals surface area (Å²) in [7, 11) is 0. The van der Waals surface area contributed by atoms with Gasteiger partial charge in [-0.2, -0.15) is 5.10 Å². The number of hydrazone groups is 1. The van der Waals surface area contributed by atoms with E-state index in [-0.39, 0.29) is 0 Å². The molecule has 3 fully saturated rings. The molecule has 0 amide bonds. The number of nitrogens with one attached hydrogen (secondary N) is 1. The zero-order valence-corrected chi connectivity index (χ0v) is 8.08. The van der Waals surface area contributed by atoms with Crippen LogP contribution in [0.2, 0.25) is 0 Å². The second-order valence-electron chi connectivity index (χ2n) is 5.03. The molecule has 13 heavy (non-hydrogen) atoms. The number of nitrogens with zero attached hydrogens (tertiary/aromatic N) is 1. The molecule has 2 nitrogen and oxygen atoms in total. The van der Waals surface area contributed by atoms with Gasteiger partial charge in [0.2, 0.25) is 0 Å². The van der Waals surface area contributed by atoms with Gasteiger partial charge in [0.05, 0.1) is 0 Å². The Hall–Kier alpha value is -0.530. The van der Waals surface area contributed by atoms with Crippen molar-refractivity contribution in [3.05, 3.63) is 0 Å². The molecule has 0 heterocycles. The summed E-state index contributed by atoms with van der Waals surface area (Å²) >= 11 is 0. The van der Waals surface area contributed by atoms with Crippen LogP contribution in [0.5, 0.6) is 0 Å². The SMILES string of the molecule is C(=N\NC1CC2CCC1C2)/C1CC1. The third kappa shape index (κ3) is 1.59. The van der Waals surface area contributed by atoms with E-state index in [0.717, 1.165) is 17.8 Å². The van der Waals surface area contributed by atoms with Crippen molar-refractivity contribution in [2.24, 2.45) is 22.9 Å². The fraction of sp³-hybridized carbons (Fsp3) is 0.909. The lowest BCUT2D eigenvalue weighted by molar-refractivity contribution is 0.359. The van der Waals surface area contributed by atoms with E-state index in [4.69, 9.17) is 0 Å². The molecule has 3 atom stereocenters. The Morgan fingerprint density at radius 1 is 1.08 bits per heavy atom. The van der Waals surface area contributed by atoms with Gasteiger partial charge >= 0.3 is 0 Å². The van der Waals surface area contributed by atoms with Crippen molar-refractivity contribution in [2.75, 3.05) is 0 Å². The van der Waals surface area contributed by atoms with Gasteiger partial charge in [-0.25, -0.2) is 0 Å². The van der Waals surface area contributed by atoms with Crippen LogP contribution in [0.15, 0.2) is 5.10 Å². The van der Waals surface area contributed by atoms with Gasteiger partial charge in [-0.05, 0) is 49.9 Å². The van der Waals surface area contributed by atoms with Crippen LogP contribution >= 0.6 is 0 Å².